The Labute approximate surface area is 182 Å². The van der Waals surface area contributed by atoms with Gasteiger partial charge < -0.3 is 19.1 Å². The van der Waals surface area contributed by atoms with Crippen molar-refractivity contribution in [3.63, 3.8) is 0 Å². The van der Waals surface area contributed by atoms with E-state index in [1.54, 1.807) is 22.9 Å². The number of Topliss-reactive ketones (excluding diaryl/α,β-unsaturated/α-hetero) is 1. The molecular weight excluding hydrogens is 398 g/mol. The fourth-order valence-corrected chi connectivity index (χ4v) is 4.10. The van der Waals surface area contributed by atoms with Gasteiger partial charge in [-0.15, -0.1) is 0 Å². The van der Waals surface area contributed by atoms with E-state index in [0.717, 1.165) is 11.3 Å². The minimum absolute atomic E-state index is 0.0259. The molecule has 3 heterocycles. The molecule has 2 aliphatic rings. The molecule has 0 aliphatic carbocycles. The number of fused-ring (bicyclic) bond motifs is 1. The van der Waals surface area contributed by atoms with Gasteiger partial charge >= 0.3 is 6.09 Å². The Bertz CT molecular complexity index is 966. The number of aromatic nitrogens is 2. The monoisotopic (exact) mass is 427 g/mol. The van der Waals surface area contributed by atoms with Crippen LogP contribution in [0.4, 0.5) is 4.79 Å². The Kier molecular flexibility index (Phi) is 5.41. The highest BCUT2D eigenvalue weighted by molar-refractivity contribution is 5.98. The van der Waals surface area contributed by atoms with Gasteiger partial charge in [0.15, 0.2) is 11.5 Å². The van der Waals surface area contributed by atoms with Crippen LogP contribution in [-0.4, -0.2) is 58.0 Å². The van der Waals surface area contributed by atoms with Crippen LogP contribution in [0.3, 0.4) is 0 Å². The van der Waals surface area contributed by atoms with Crippen molar-refractivity contribution >= 4 is 11.9 Å². The Hall–Kier alpha value is -3.03. The molecular formula is C23H29N3O5. The third kappa shape index (κ3) is 4.52. The van der Waals surface area contributed by atoms with Gasteiger partial charge in [-0.1, -0.05) is 12.1 Å². The second kappa shape index (κ2) is 7.90. The summed E-state index contributed by atoms with van der Waals surface area (Å²) in [5.74, 6) is 1.33. The predicted molar refractivity (Wildman–Crippen MR) is 114 cm³/mol. The summed E-state index contributed by atoms with van der Waals surface area (Å²) in [6.07, 6.45) is 2.76. The maximum atomic E-state index is 13.1. The van der Waals surface area contributed by atoms with Crippen molar-refractivity contribution in [1.82, 2.24) is 14.7 Å². The quantitative estimate of drug-likeness (QED) is 0.743. The topological polar surface area (TPSA) is 82.9 Å². The van der Waals surface area contributed by atoms with Crippen molar-refractivity contribution in [2.45, 2.75) is 57.8 Å². The first-order valence-corrected chi connectivity index (χ1v) is 10.6. The maximum absolute atomic E-state index is 13.1. The van der Waals surface area contributed by atoms with Gasteiger partial charge in [0, 0.05) is 25.9 Å². The molecule has 1 amide bonds. The predicted octanol–water partition coefficient (Wildman–Crippen LogP) is 3.67. The lowest BCUT2D eigenvalue weighted by atomic mass is 9.84. The van der Waals surface area contributed by atoms with Gasteiger partial charge in [0.1, 0.15) is 22.6 Å². The first-order chi connectivity index (χ1) is 14.7. The zero-order chi connectivity index (χ0) is 22.2. The van der Waals surface area contributed by atoms with Crippen LogP contribution in [0.5, 0.6) is 11.5 Å². The van der Waals surface area contributed by atoms with Crippen LogP contribution >= 0.6 is 0 Å². The number of hydrogen-bond donors (Lipinski definition) is 0. The van der Waals surface area contributed by atoms with Crippen molar-refractivity contribution < 1.29 is 23.8 Å². The molecule has 1 saturated heterocycles. The van der Waals surface area contributed by atoms with Gasteiger partial charge in [-0.3, -0.25) is 9.48 Å². The number of ether oxygens (including phenoxy) is 3. The molecule has 0 unspecified atom stereocenters. The van der Waals surface area contributed by atoms with Crippen molar-refractivity contribution in [2.24, 2.45) is 0 Å². The van der Waals surface area contributed by atoms with E-state index in [1.807, 2.05) is 45.0 Å². The average molecular weight is 428 g/mol. The summed E-state index contributed by atoms with van der Waals surface area (Å²) in [6, 6.07) is 7.68. The summed E-state index contributed by atoms with van der Waals surface area (Å²) in [7, 11) is 1.63. The number of ketones is 1. The maximum Gasteiger partial charge on any atom is 0.410 e. The van der Waals surface area contributed by atoms with E-state index >= 15 is 0 Å². The van der Waals surface area contributed by atoms with Crippen LogP contribution in [-0.2, 0) is 11.3 Å². The Morgan fingerprint density at radius 1 is 1.19 bits per heavy atom. The standard InChI is InChI=1S/C23H29N3O5/c1-22(2,3)31-21(28)25-11-9-23(10-12-25)13-18(27)20-19(30-23)14-24-26(20)15-16-5-7-17(29-4)8-6-16/h5-8,14H,9-13,15H2,1-4H3. The zero-order valence-electron chi connectivity index (χ0n) is 18.5. The average Bonchev–Trinajstić information content (AvgIpc) is 3.10. The number of carbonyl (C=O) groups is 2. The first-order valence-electron chi connectivity index (χ1n) is 10.6. The molecule has 0 saturated carbocycles. The summed E-state index contributed by atoms with van der Waals surface area (Å²) in [4.78, 5) is 27.1. The van der Waals surface area contributed by atoms with Gasteiger partial charge in [-0.25, -0.2) is 4.79 Å². The van der Waals surface area contributed by atoms with Gasteiger partial charge in [0.25, 0.3) is 0 Å². The Balaban J connectivity index is 1.44. The third-order valence-electron chi connectivity index (χ3n) is 5.70. The first kappa shape index (κ1) is 21.2. The number of hydrogen-bond acceptors (Lipinski definition) is 6. The fraction of sp³-hybridized carbons (Fsp3) is 0.522. The number of methoxy groups -OCH3 is 1. The highest BCUT2D eigenvalue weighted by Crippen LogP contribution is 2.39. The number of nitrogens with zero attached hydrogens (tertiary/aromatic N) is 3. The molecule has 8 nitrogen and oxygen atoms in total. The number of amides is 1. The molecule has 1 aromatic heterocycles. The van der Waals surface area contributed by atoms with Crippen molar-refractivity contribution in [1.29, 1.82) is 0 Å². The lowest BCUT2D eigenvalue weighted by Crippen LogP contribution is -2.53. The van der Waals surface area contributed by atoms with Crippen LogP contribution in [0, 0.1) is 0 Å². The molecule has 4 rings (SSSR count). The number of piperidine rings is 1. The molecule has 0 atom stereocenters. The minimum atomic E-state index is -0.587. The summed E-state index contributed by atoms with van der Waals surface area (Å²) < 4.78 is 18.7. The molecule has 31 heavy (non-hydrogen) atoms. The van der Waals surface area contributed by atoms with E-state index in [0.29, 0.717) is 43.9 Å². The van der Waals surface area contributed by atoms with Gasteiger partial charge in [0.2, 0.25) is 0 Å². The lowest BCUT2D eigenvalue weighted by Gasteiger charge is -2.43. The number of likely N-dealkylation sites (tertiary alicyclic amines) is 1. The normalized spacial score (nSPS) is 17.8. The largest absolute Gasteiger partial charge is 0.497 e. The molecule has 0 N–H and O–H groups in total. The molecule has 8 heteroatoms. The smallest absolute Gasteiger partial charge is 0.410 e. The van der Waals surface area contributed by atoms with E-state index in [2.05, 4.69) is 5.10 Å². The fourth-order valence-electron chi connectivity index (χ4n) is 4.10. The van der Waals surface area contributed by atoms with E-state index in [1.165, 1.54) is 0 Å². The highest BCUT2D eigenvalue weighted by atomic mass is 16.6. The van der Waals surface area contributed by atoms with E-state index in [4.69, 9.17) is 14.2 Å². The molecule has 2 aromatic rings. The van der Waals surface area contributed by atoms with E-state index in [-0.39, 0.29) is 18.3 Å². The van der Waals surface area contributed by atoms with Gasteiger partial charge in [-0.2, -0.15) is 5.10 Å². The SMILES string of the molecule is COc1ccc(Cn2ncc3c2C(=O)CC2(CCN(C(=O)OC(C)(C)C)CC2)O3)cc1. The van der Waals surface area contributed by atoms with Gasteiger partial charge in [0.05, 0.1) is 26.3 Å². The van der Waals surface area contributed by atoms with Crippen molar-refractivity contribution in [3.8, 4) is 11.5 Å². The third-order valence-corrected chi connectivity index (χ3v) is 5.70. The molecule has 0 radical (unpaired) electrons. The zero-order valence-corrected chi connectivity index (χ0v) is 18.5. The molecule has 166 valence electrons. The minimum Gasteiger partial charge on any atom is -0.497 e. The van der Waals surface area contributed by atoms with Crippen LogP contribution in [0.1, 0.15) is 56.1 Å². The van der Waals surface area contributed by atoms with Crippen LogP contribution in [0.25, 0.3) is 0 Å². The Morgan fingerprint density at radius 3 is 2.48 bits per heavy atom. The number of rotatable bonds is 3. The van der Waals surface area contributed by atoms with Gasteiger partial charge in [-0.05, 0) is 38.5 Å². The second-order valence-corrected chi connectivity index (χ2v) is 9.22. The number of carbonyl (C=O) groups excluding carboxylic acids is 2. The van der Waals surface area contributed by atoms with E-state index < -0.39 is 11.2 Å². The molecule has 1 aromatic carbocycles. The van der Waals surface area contributed by atoms with Crippen molar-refractivity contribution in [2.75, 3.05) is 20.2 Å². The second-order valence-electron chi connectivity index (χ2n) is 9.22. The van der Waals surface area contributed by atoms with Crippen molar-refractivity contribution in [3.05, 3.63) is 41.7 Å². The summed E-state index contributed by atoms with van der Waals surface area (Å²) in [5.41, 5.74) is 0.412. The van der Waals surface area contributed by atoms with E-state index in [9.17, 15) is 9.59 Å². The van der Waals surface area contributed by atoms with Crippen LogP contribution < -0.4 is 9.47 Å². The Morgan fingerprint density at radius 2 is 1.87 bits per heavy atom. The molecule has 1 spiro atoms. The highest BCUT2D eigenvalue weighted by Gasteiger charge is 2.45. The molecule has 1 fully saturated rings. The van der Waals surface area contributed by atoms with Crippen LogP contribution in [0.15, 0.2) is 30.5 Å². The van der Waals surface area contributed by atoms with Crippen LogP contribution in [0.2, 0.25) is 0 Å². The summed E-state index contributed by atoms with van der Waals surface area (Å²) in [6.45, 7) is 7.03. The summed E-state index contributed by atoms with van der Waals surface area (Å²) >= 11 is 0. The lowest BCUT2D eigenvalue weighted by molar-refractivity contribution is -0.0228. The summed E-state index contributed by atoms with van der Waals surface area (Å²) in [5, 5.41) is 4.40. The molecule has 0 bridgehead atoms. The molecule has 2 aliphatic heterocycles. The number of benzene rings is 1.